The van der Waals surface area contributed by atoms with E-state index in [1.54, 1.807) is 0 Å². The van der Waals surface area contributed by atoms with Crippen LogP contribution in [0.5, 0.6) is 0 Å². The van der Waals surface area contributed by atoms with Gasteiger partial charge in [0, 0.05) is 18.1 Å². The van der Waals surface area contributed by atoms with Gasteiger partial charge in [0.15, 0.2) is 0 Å². The van der Waals surface area contributed by atoms with E-state index in [4.69, 9.17) is 4.74 Å². The van der Waals surface area contributed by atoms with E-state index in [0.29, 0.717) is 11.6 Å². The first kappa shape index (κ1) is 16.3. The highest BCUT2D eigenvalue weighted by Crippen LogP contribution is 2.38. The number of rotatable bonds is 4. The Balaban J connectivity index is 1.99. The Morgan fingerprint density at radius 2 is 1.65 bits per heavy atom. The zero-order valence-corrected chi connectivity index (χ0v) is 14.4. The summed E-state index contributed by atoms with van der Waals surface area (Å²) in [6.07, 6.45) is 7.89. The second kappa shape index (κ2) is 5.58. The van der Waals surface area contributed by atoms with E-state index < -0.39 is 0 Å². The van der Waals surface area contributed by atoms with Gasteiger partial charge >= 0.3 is 0 Å². The quantitative estimate of drug-likeness (QED) is 0.857. The standard InChI is InChI=1S/C17H34N2O/c1-15(2)12-14(16(3,4)20-15)18-13-17(19(5)6)10-8-7-9-11-17/h14,18H,7-13H2,1-6H3. The Kier molecular flexibility index (Phi) is 4.54. The van der Waals surface area contributed by atoms with Crippen molar-refractivity contribution in [1.82, 2.24) is 10.2 Å². The Bertz CT molecular complexity index is 330. The van der Waals surface area contributed by atoms with Crippen molar-refractivity contribution in [2.45, 2.75) is 89.0 Å². The number of nitrogens with one attached hydrogen (secondary N) is 1. The van der Waals surface area contributed by atoms with Crippen LogP contribution in [0.2, 0.25) is 0 Å². The number of ether oxygens (including phenoxy) is 1. The van der Waals surface area contributed by atoms with Gasteiger partial charge < -0.3 is 15.0 Å². The summed E-state index contributed by atoms with van der Waals surface area (Å²) in [6, 6.07) is 0.455. The van der Waals surface area contributed by atoms with Crippen LogP contribution in [0.4, 0.5) is 0 Å². The molecule has 3 nitrogen and oxygen atoms in total. The number of nitrogens with zero attached hydrogens (tertiary/aromatic N) is 1. The molecule has 3 heteroatoms. The SMILES string of the molecule is CN(C)C1(CNC2CC(C)(C)OC2(C)C)CCCCC1. The zero-order valence-electron chi connectivity index (χ0n) is 14.4. The van der Waals surface area contributed by atoms with Gasteiger partial charge in [0.05, 0.1) is 11.2 Å². The van der Waals surface area contributed by atoms with E-state index in [0.717, 1.165) is 13.0 Å². The fraction of sp³-hybridized carbons (Fsp3) is 1.00. The highest BCUT2D eigenvalue weighted by Gasteiger charge is 2.46. The molecule has 1 aliphatic heterocycles. The maximum Gasteiger partial charge on any atom is 0.0787 e. The summed E-state index contributed by atoms with van der Waals surface area (Å²) in [4.78, 5) is 2.45. The summed E-state index contributed by atoms with van der Waals surface area (Å²) in [7, 11) is 4.49. The molecule has 0 aromatic rings. The van der Waals surface area contributed by atoms with E-state index in [2.05, 4.69) is 52.0 Å². The van der Waals surface area contributed by atoms with Crippen LogP contribution in [0.25, 0.3) is 0 Å². The highest BCUT2D eigenvalue weighted by atomic mass is 16.5. The van der Waals surface area contributed by atoms with Crippen molar-refractivity contribution in [3.63, 3.8) is 0 Å². The van der Waals surface area contributed by atoms with Crippen LogP contribution in [0, 0.1) is 0 Å². The van der Waals surface area contributed by atoms with E-state index in [-0.39, 0.29) is 11.2 Å². The normalized spacial score (nSPS) is 31.6. The molecule has 1 heterocycles. The van der Waals surface area contributed by atoms with E-state index in [9.17, 15) is 0 Å². The van der Waals surface area contributed by atoms with Crippen LogP contribution in [-0.4, -0.2) is 48.3 Å². The second-order valence-corrected chi connectivity index (χ2v) is 8.28. The number of hydrogen-bond donors (Lipinski definition) is 1. The van der Waals surface area contributed by atoms with Gasteiger partial charge in [-0.25, -0.2) is 0 Å². The monoisotopic (exact) mass is 282 g/mol. The molecule has 1 N–H and O–H groups in total. The summed E-state index contributed by atoms with van der Waals surface area (Å²) < 4.78 is 6.21. The smallest absolute Gasteiger partial charge is 0.0787 e. The molecule has 1 unspecified atom stereocenters. The molecule has 0 aromatic heterocycles. The van der Waals surface area contributed by atoms with Gasteiger partial charge in [0.25, 0.3) is 0 Å². The van der Waals surface area contributed by atoms with Crippen LogP contribution < -0.4 is 5.32 Å². The Labute approximate surface area is 125 Å². The van der Waals surface area contributed by atoms with Crippen molar-refractivity contribution in [2.24, 2.45) is 0 Å². The predicted octanol–water partition coefficient (Wildman–Crippen LogP) is 3.19. The largest absolute Gasteiger partial charge is 0.368 e. The van der Waals surface area contributed by atoms with Crippen LogP contribution in [0.15, 0.2) is 0 Å². The summed E-state index contributed by atoms with van der Waals surface area (Å²) in [5, 5.41) is 3.85. The summed E-state index contributed by atoms with van der Waals surface area (Å²) in [5.41, 5.74) is 0.283. The fourth-order valence-corrected chi connectivity index (χ4v) is 4.19. The topological polar surface area (TPSA) is 24.5 Å². The lowest BCUT2D eigenvalue weighted by atomic mass is 9.80. The number of likely N-dealkylation sites (N-methyl/N-ethyl adjacent to an activating group) is 1. The van der Waals surface area contributed by atoms with Crippen LogP contribution >= 0.6 is 0 Å². The lowest BCUT2D eigenvalue weighted by Gasteiger charge is -2.44. The second-order valence-electron chi connectivity index (χ2n) is 8.28. The molecular weight excluding hydrogens is 248 g/mol. The van der Waals surface area contributed by atoms with Crippen LogP contribution in [-0.2, 0) is 4.74 Å². The van der Waals surface area contributed by atoms with Gasteiger partial charge in [0.2, 0.25) is 0 Å². The van der Waals surface area contributed by atoms with E-state index in [1.807, 2.05) is 0 Å². The van der Waals surface area contributed by atoms with Crippen molar-refractivity contribution in [2.75, 3.05) is 20.6 Å². The van der Waals surface area contributed by atoms with Gasteiger partial charge in [-0.1, -0.05) is 19.3 Å². The highest BCUT2D eigenvalue weighted by molar-refractivity contribution is 5.01. The Hall–Kier alpha value is -0.120. The molecule has 1 atom stereocenters. The van der Waals surface area contributed by atoms with Crippen molar-refractivity contribution >= 4 is 0 Å². The molecule has 0 bridgehead atoms. The molecule has 1 saturated carbocycles. The lowest BCUT2D eigenvalue weighted by Crippen LogP contribution is -2.56. The van der Waals surface area contributed by atoms with Crippen molar-refractivity contribution in [3.05, 3.63) is 0 Å². The minimum absolute atomic E-state index is 0.000981. The van der Waals surface area contributed by atoms with Gasteiger partial charge in [-0.2, -0.15) is 0 Å². The molecule has 0 spiro atoms. The molecular formula is C17H34N2O. The average molecular weight is 282 g/mol. The molecule has 2 fully saturated rings. The molecule has 0 radical (unpaired) electrons. The van der Waals surface area contributed by atoms with E-state index in [1.165, 1.54) is 32.1 Å². The lowest BCUT2D eigenvalue weighted by molar-refractivity contribution is -0.0706. The molecule has 0 amide bonds. The Morgan fingerprint density at radius 3 is 2.10 bits per heavy atom. The van der Waals surface area contributed by atoms with Gasteiger partial charge in [-0.3, -0.25) is 0 Å². The first-order valence-corrected chi connectivity index (χ1v) is 8.28. The molecule has 2 aliphatic rings. The van der Waals surface area contributed by atoms with Crippen molar-refractivity contribution < 1.29 is 4.74 Å². The van der Waals surface area contributed by atoms with Gasteiger partial charge in [-0.15, -0.1) is 0 Å². The summed E-state index contributed by atoms with van der Waals surface area (Å²) >= 11 is 0. The minimum Gasteiger partial charge on any atom is -0.368 e. The molecule has 118 valence electrons. The van der Waals surface area contributed by atoms with Gasteiger partial charge in [0.1, 0.15) is 0 Å². The van der Waals surface area contributed by atoms with Crippen LogP contribution in [0.1, 0.15) is 66.2 Å². The summed E-state index contributed by atoms with van der Waals surface area (Å²) in [6.45, 7) is 9.95. The van der Waals surface area contributed by atoms with Crippen molar-refractivity contribution in [3.8, 4) is 0 Å². The summed E-state index contributed by atoms with van der Waals surface area (Å²) in [5.74, 6) is 0. The third kappa shape index (κ3) is 3.37. The third-order valence-corrected chi connectivity index (χ3v) is 5.48. The first-order valence-electron chi connectivity index (χ1n) is 8.28. The predicted molar refractivity (Wildman–Crippen MR) is 85.2 cm³/mol. The molecule has 2 rings (SSSR count). The first-order chi connectivity index (χ1) is 9.17. The maximum atomic E-state index is 6.21. The fourth-order valence-electron chi connectivity index (χ4n) is 4.19. The van der Waals surface area contributed by atoms with E-state index >= 15 is 0 Å². The molecule has 1 aliphatic carbocycles. The Morgan fingerprint density at radius 1 is 1.05 bits per heavy atom. The maximum absolute atomic E-state index is 6.21. The molecule has 20 heavy (non-hydrogen) atoms. The minimum atomic E-state index is -0.0638. The van der Waals surface area contributed by atoms with Crippen LogP contribution in [0.3, 0.4) is 0 Å². The van der Waals surface area contributed by atoms with Crippen molar-refractivity contribution in [1.29, 1.82) is 0 Å². The zero-order chi connectivity index (χ0) is 15.0. The number of hydrogen-bond acceptors (Lipinski definition) is 3. The average Bonchev–Trinajstić information content (AvgIpc) is 2.55. The van der Waals surface area contributed by atoms with Gasteiger partial charge in [-0.05, 0) is 61.1 Å². The molecule has 1 saturated heterocycles. The third-order valence-electron chi connectivity index (χ3n) is 5.48. The molecule has 0 aromatic carbocycles.